The number of thioether (sulfide) groups is 1. The normalized spacial score (nSPS) is 17.1. The first kappa shape index (κ1) is 24.5. The van der Waals surface area contributed by atoms with Gasteiger partial charge in [-0.1, -0.05) is 18.2 Å². The summed E-state index contributed by atoms with van der Waals surface area (Å²) >= 11 is 1.47. The van der Waals surface area contributed by atoms with Gasteiger partial charge in [0.1, 0.15) is 0 Å². The Kier molecular flexibility index (Phi) is 6.90. The Labute approximate surface area is 202 Å². The lowest BCUT2D eigenvalue weighted by Gasteiger charge is -2.33. The van der Waals surface area contributed by atoms with Crippen molar-refractivity contribution < 1.29 is 13.6 Å². The molecule has 34 heavy (non-hydrogen) atoms. The van der Waals surface area contributed by atoms with Crippen LogP contribution in [-0.4, -0.2) is 27.6 Å². The number of aromatic amines is 1. The molecule has 1 amide bonds. The number of halogens is 2. The van der Waals surface area contributed by atoms with Gasteiger partial charge in [-0.2, -0.15) is 0 Å². The SMILES string of the molecule is CSc1cc(C)[nH]c(=O)c1CNC(=O)c1c(C)n(C(C)C2CCC(F)(F)CC2)c2ccccc12. The van der Waals surface area contributed by atoms with Crippen LogP contribution in [0.15, 0.2) is 40.0 Å². The van der Waals surface area contributed by atoms with Gasteiger partial charge in [0.05, 0.1) is 5.56 Å². The Morgan fingerprint density at radius 1 is 1.26 bits per heavy atom. The third-order valence-corrected chi connectivity index (χ3v) is 7.91. The summed E-state index contributed by atoms with van der Waals surface area (Å²) in [5.74, 6) is -2.69. The van der Waals surface area contributed by atoms with E-state index in [0.29, 0.717) is 24.0 Å². The van der Waals surface area contributed by atoms with Crippen LogP contribution < -0.4 is 10.9 Å². The molecule has 3 aromatic rings. The highest BCUT2D eigenvalue weighted by atomic mass is 32.2. The molecule has 182 valence electrons. The van der Waals surface area contributed by atoms with E-state index in [4.69, 9.17) is 0 Å². The van der Waals surface area contributed by atoms with E-state index >= 15 is 0 Å². The van der Waals surface area contributed by atoms with E-state index in [9.17, 15) is 18.4 Å². The van der Waals surface area contributed by atoms with E-state index in [1.807, 2.05) is 50.4 Å². The molecule has 8 heteroatoms. The van der Waals surface area contributed by atoms with E-state index < -0.39 is 5.92 Å². The Morgan fingerprint density at radius 2 is 1.94 bits per heavy atom. The van der Waals surface area contributed by atoms with Gasteiger partial charge in [0.15, 0.2) is 0 Å². The summed E-state index contributed by atoms with van der Waals surface area (Å²) in [5, 5.41) is 3.77. The molecule has 1 aliphatic rings. The van der Waals surface area contributed by atoms with Crippen molar-refractivity contribution in [1.82, 2.24) is 14.9 Å². The van der Waals surface area contributed by atoms with Crippen molar-refractivity contribution >= 4 is 28.6 Å². The molecule has 2 N–H and O–H groups in total. The zero-order chi connectivity index (χ0) is 24.6. The summed E-state index contributed by atoms with van der Waals surface area (Å²) in [6.45, 7) is 5.92. The number of pyridine rings is 1. The molecule has 4 rings (SSSR count). The summed E-state index contributed by atoms with van der Waals surface area (Å²) in [6, 6.07) is 9.61. The maximum atomic E-state index is 13.7. The predicted molar refractivity (Wildman–Crippen MR) is 133 cm³/mol. The minimum Gasteiger partial charge on any atom is -0.348 e. The second kappa shape index (κ2) is 9.56. The summed E-state index contributed by atoms with van der Waals surface area (Å²) in [5.41, 5.74) is 3.41. The molecule has 0 aliphatic heterocycles. The summed E-state index contributed by atoms with van der Waals surface area (Å²) in [4.78, 5) is 29.5. The lowest BCUT2D eigenvalue weighted by atomic mass is 9.82. The van der Waals surface area contributed by atoms with Crippen molar-refractivity contribution in [3.8, 4) is 0 Å². The average Bonchev–Trinajstić information content (AvgIpc) is 3.09. The molecule has 1 atom stereocenters. The molecule has 1 fully saturated rings. The van der Waals surface area contributed by atoms with Crippen LogP contribution in [0.4, 0.5) is 8.78 Å². The quantitative estimate of drug-likeness (QED) is 0.420. The Bertz CT molecular complexity index is 1270. The fraction of sp³-hybridized carbons (Fsp3) is 0.462. The highest BCUT2D eigenvalue weighted by Crippen LogP contribution is 2.42. The molecular formula is C26H31F2N3O2S. The number of nitrogens with one attached hydrogen (secondary N) is 2. The third-order valence-electron chi connectivity index (χ3n) is 7.11. The lowest BCUT2D eigenvalue weighted by molar-refractivity contribution is -0.0504. The summed E-state index contributed by atoms with van der Waals surface area (Å²) < 4.78 is 29.6. The van der Waals surface area contributed by atoms with Crippen molar-refractivity contribution in [2.45, 2.75) is 69.9 Å². The van der Waals surface area contributed by atoms with Crippen LogP contribution >= 0.6 is 11.8 Å². The van der Waals surface area contributed by atoms with Crippen molar-refractivity contribution in [1.29, 1.82) is 0 Å². The van der Waals surface area contributed by atoms with E-state index in [2.05, 4.69) is 21.8 Å². The van der Waals surface area contributed by atoms with Crippen molar-refractivity contribution in [3.63, 3.8) is 0 Å². The van der Waals surface area contributed by atoms with Crippen LogP contribution in [0.25, 0.3) is 10.9 Å². The number of H-pyrrole nitrogens is 1. The number of para-hydroxylation sites is 1. The Hall–Kier alpha value is -2.61. The van der Waals surface area contributed by atoms with Gasteiger partial charge >= 0.3 is 0 Å². The van der Waals surface area contributed by atoms with Crippen LogP contribution in [0.1, 0.15) is 66.0 Å². The van der Waals surface area contributed by atoms with Gasteiger partial charge in [-0.05, 0) is 57.9 Å². The second-order valence-corrected chi connectivity index (χ2v) is 10.1. The number of hydrogen-bond donors (Lipinski definition) is 2. The molecule has 0 radical (unpaired) electrons. The molecule has 0 saturated heterocycles. The third kappa shape index (κ3) is 4.65. The fourth-order valence-corrected chi connectivity index (χ4v) is 5.96. The standard InChI is InChI=1S/C26H31F2N3O2S/c1-15-13-22(34-4)20(24(32)30-15)14-29-25(33)23-17(3)31(21-8-6-5-7-19(21)23)16(2)18-9-11-26(27,28)12-10-18/h5-8,13,16,18H,9-12,14H2,1-4H3,(H,29,33)(H,30,32). The monoisotopic (exact) mass is 487 g/mol. The topological polar surface area (TPSA) is 66.9 Å². The molecular weight excluding hydrogens is 456 g/mol. The average molecular weight is 488 g/mol. The largest absolute Gasteiger partial charge is 0.348 e. The van der Waals surface area contributed by atoms with Crippen molar-refractivity contribution in [3.05, 3.63) is 63.2 Å². The van der Waals surface area contributed by atoms with Crippen LogP contribution in [0.5, 0.6) is 0 Å². The zero-order valence-corrected chi connectivity index (χ0v) is 20.8. The number of rotatable bonds is 6. The van der Waals surface area contributed by atoms with Crippen molar-refractivity contribution in [2.24, 2.45) is 5.92 Å². The Balaban J connectivity index is 1.65. The molecule has 2 aromatic heterocycles. The highest BCUT2D eigenvalue weighted by molar-refractivity contribution is 7.98. The number of hydrogen-bond acceptors (Lipinski definition) is 3. The van der Waals surface area contributed by atoms with E-state index in [0.717, 1.165) is 27.2 Å². The zero-order valence-electron chi connectivity index (χ0n) is 20.0. The molecule has 1 saturated carbocycles. The molecule has 1 unspecified atom stereocenters. The maximum absolute atomic E-state index is 13.7. The predicted octanol–water partition coefficient (Wildman–Crippen LogP) is 5.98. The molecule has 1 aliphatic carbocycles. The first-order valence-electron chi connectivity index (χ1n) is 11.7. The van der Waals surface area contributed by atoms with Crippen LogP contribution in [0, 0.1) is 19.8 Å². The number of nitrogens with zero attached hydrogens (tertiary/aromatic N) is 1. The van der Waals surface area contributed by atoms with Gasteiger partial charge in [-0.3, -0.25) is 9.59 Å². The number of amides is 1. The minimum atomic E-state index is -2.57. The molecule has 5 nitrogen and oxygen atoms in total. The van der Waals surface area contributed by atoms with Crippen LogP contribution in [0.3, 0.4) is 0 Å². The number of alkyl halides is 2. The van der Waals surface area contributed by atoms with Gasteiger partial charge in [-0.15, -0.1) is 11.8 Å². The number of aromatic nitrogens is 2. The maximum Gasteiger partial charge on any atom is 0.254 e. The van der Waals surface area contributed by atoms with Crippen LogP contribution in [0.2, 0.25) is 0 Å². The highest BCUT2D eigenvalue weighted by Gasteiger charge is 2.37. The second-order valence-electron chi connectivity index (χ2n) is 9.29. The number of carbonyl (C=O) groups excluding carboxylic acids is 1. The van der Waals surface area contributed by atoms with Gasteiger partial charge in [0, 0.05) is 58.2 Å². The number of benzene rings is 1. The van der Waals surface area contributed by atoms with Gasteiger partial charge < -0.3 is 14.9 Å². The Morgan fingerprint density at radius 3 is 2.62 bits per heavy atom. The van der Waals surface area contributed by atoms with Gasteiger partial charge in [0.2, 0.25) is 5.92 Å². The number of aryl methyl sites for hydroxylation is 1. The summed E-state index contributed by atoms with van der Waals surface area (Å²) in [6.07, 6.45) is 2.66. The number of carbonyl (C=O) groups is 1. The first-order chi connectivity index (χ1) is 16.1. The van der Waals surface area contributed by atoms with E-state index in [-0.39, 0.29) is 42.8 Å². The molecule has 0 bridgehead atoms. The smallest absolute Gasteiger partial charge is 0.254 e. The number of fused-ring (bicyclic) bond motifs is 1. The minimum absolute atomic E-state index is 0.00872. The van der Waals surface area contributed by atoms with Gasteiger partial charge in [-0.25, -0.2) is 8.78 Å². The van der Waals surface area contributed by atoms with Crippen molar-refractivity contribution in [2.75, 3.05) is 6.26 Å². The molecule has 0 spiro atoms. The first-order valence-corrected chi connectivity index (χ1v) is 12.9. The fourth-order valence-electron chi connectivity index (χ4n) is 5.25. The molecule has 1 aromatic carbocycles. The van der Waals surface area contributed by atoms with E-state index in [1.54, 1.807) is 0 Å². The molecule has 2 heterocycles. The van der Waals surface area contributed by atoms with Crippen LogP contribution in [-0.2, 0) is 6.54 Å². The lowest BCUT2D eigenvalue weighted by Crippen LogP contribution is -2.30. The van der Waals surface area contributed by atoms with E-state index in [1.165, 1.54) is 11.8 Å². The summed E-state index contributed by atoms with van der Waals surface area (Å²) in [7, 11) is 0. The van der Waals surface area contributed by atoms with Gasteiger partial charge in [0.25, 0.3) is 11.5 Å².